The minimum absolute atomic E-state index is 0.207. The molecule has 1 nitrogen and oxygen atoms in total. The van der Waals surface area contributed by atoms with Crippen LogP contribution in [0.4, 0.5) is 5.69 Å². The number of anilines is 1. The molecule has 0 aliphatic carbocycles. The highest BCUT2D eigenvalue weighted by atomic mass is 15.0. The molecule has 4 rings (SSSR count). The van der Waals surface area contributed by atoms with E-state index in [1.165, 1.54) is 16.7 Å². The molecule has 1 N–H and O–H groups in total. The summed E-state index contributed by atoms with van der Waals surface area (Å²) in [4.78, 5) is 0. The Morgan fingerprint density at radius 3 is 1.39 bits per heavy atom. The van der Waals surface area contributed by atoms with Gasteiger partial charge in [-0.25, -0.2) is 0 Å². The number of rotatable bonds is 6. The molecule has 1 atom stereocenters. The van der Waals surface area contributed by atoms with Crippen LogP contribution in [0.25, 0.3) is 0 Å². The van der Waals surface area contributed by atoms with Gasteiger partial charge in [0.2, 0.25) is 0 Å². The fourth-order valence-electron chi connectivity index (χ4n) is 4.06. The van der Waals surface area contributed by atoms with Gasteiger partial charge >= 0.3 is 0 Å². The van der Waals surface area contributed by atoms with Crippen LogP contribution in [0.1, 0.15) is 29.5 Å². The molecule has 0 spiro atoms. The van der Waals surface area contributed by atoms with Crippen LogP contribution in [0.2, 0.25) is 0 Å². The third-order valence-electron chi connectivity index (χ3n) is 5.52. The maximum Gasteiger partial charge on any atom is 0.0946 e. The third kappa shape index (κ3) is 3.44. The Labute approximate surface area is 167 Å². The molecule has 1 heteroatoms. The van der Waals surface area contributed by atoms with Crippen LogP contribution in [0, 0.1) is 0 Å². The van der Waals surface area contributed by atoms with Gasteiger partial charge < -0.3 is 5.32 Å². The van der Waals surface area contributed by atoms with Crippen LogP contribution < -0.4 is 5.32 Å². The lowest BCUT2D eigenvalue weighted by molar-refractivity contribution is 0.488. The number of para-hydroxylation sites is 1. The van der Waals surface area contributed by atoms with Crippen molar-refractivity contribution >= 4 is 5.69 Å². The molecular weight excluding hydrogens is 338 g/mol. The molecule has 0 radical (unpaired) electrons. The quantitative estimate of drug-likeness (QED) is 0.395. The van der Waals surface area contributed by atoms with E-state index in [4.69, 9.17) is 0 Å². The summed E-state index contributed by atoms with van der Waals surface area (Å²) in [5.41, 5.74) is 4.52. The van der Waals surface area contributed by atoms with Gasteiger partial charge in [-0.1, -0.05) is 116 Å². The first kappa shape index (κ1) is 18.1. The van der Waals surface area contributed by atoms with Crippen molar-refractivity contribution in [1.82, 2.24) is 0 Å². The molecule has 1 unspecified atom stereocenters. The van der Waals surface area contributed by atoms with Crippen molar-refractivity contribution in [2.24, 2.45) is 0 Å². The molecule has 0 amide bonds. The second-order valence-corrected chi connectivity index (χ2v) is 7.16. The van der Waals surface area contributed by atoms with Crippen LogP contribution in [-0.4, -0.2) is 0 Å². The third-order valence-corrected chi connectivity index (χ3v) is 5.52. The first-order chi connectivity index (χ1) is 13.8. The average Bonchev–Trinajstić information content (AvgIpc) is 2.79. The summed E-state index contributed by atoms with van der Waals surface area (Å²) >= 11 is 0. The van der Waals surface area contributed by atoms with Gasteiger partial charge in [-0.2, -0.15) is 0 Å². The molecule has 0 bridgehead atoms. The predicted molar refractivity (Wildman–Crippen MR) is 119 cm³/mol. The summed E-state index contributed by atoms with van der Waals surface area (Å²) in [7, 11) is 0. The first-order valence-corrected chi connectivity index (χ1v) is 9.80. The van der Waals surface area contributed by atoms with E-state index in [0.717, 1.165) is 5.69 Å². The van der Waals surface area contributed by atoms with Gasteiger partial charge in [0, 0.05) is 11.6 Å². The smallest absolute Gasteiger partial charge is 0.0946 e. The molecule has 0 heterocycles. The summed E-state index contributed by atoms with van der Waals surface area (Å²) in [5, 5.41) is 3.92. The van der Waals surface area contributed by atoms with Crippen molar-refractivity contribution in [3.8, 4) is 0 Å². The minimum atomic E-state index is -0.398. The molecule has 4 aromatic carbocycles. The summed E-state index contributed by atoms with van der Waals surface area (Å²) in [6.45, 7) is 2.31. The zero-order chi connectivity index (χ0) is 19.2. The fourth-order valence-corrected chi connectivity index (χ4v) is 4.06. The normalized spacial score (nSPS) is 12.3. The SMILES string of the molecule is CC(c1ccccc1)C(Nc1ccccc1)(c1ccccc1)c1ccccc1. The number of hydrogen-bond acceptors (Lipinski definition) is 1. The monoisotopic (exact) mass is 363 g/mol. The van der Waals surface area contributed by atoms with Gasteiger partial charge in [-0.05, 0) is 28.8 Å². The molecule has 4 aromatic rings. The largest absolute Gasteiger partial charge is 0.371 e. The molecular formula is C27H25N. The van der Waals surface area contributed by atoms with Gasteiger partial charge in [-0.15, -0.1) is 0 Å². The first-order valence-electron chi connectivity index (χ1n) is 9.80. The zero-order valence-corrected chi connectivity index (χ0v) is 16.1. The molecule has 0 saturated heterocycles. The van der Waals surface area contributed by atoms with Gasteiger partial charge in [0.1, 0.15) is 0 Å². The summed E-state index contributed by atoms with van der Waals surface area (Å²) in [6.07, 6.45) is 0. The molecule has 138 valence electrons. The number of benzene rings is 4. The average molecular weight is 364 g/mol. The topological polar surface area (TPSA) is 12.0 Å². The van der Waals surface area contributed by atoms with Gasteiger partial charge in [0.15, 0.2) is 0 Å². The highest BCUT2D eigenvalue weighted by Crippen LogP contribution is 2.44. The van der Waals surface area contributed by atoms with Crippen LogP contribution >= 0.6 is 0 Å². The highest BCUT2D eigenvalue weighted by Gasteiger charge is 2.40. The highest BCUT2D eigenvalue weighted by molar-refractivity contribution is 5.56. The Kier molecular flexibility index (Phi) is 5.25. The lowest BCUT2D eigenvalue weighted by Crippen LogP contribution is -2.41. The van der Waals surface area contributed by atoms with E-state index in [0.29, 0.717) is 0 Å². The summed E-state index contributed by atoms with van der Waals surface area (Å²) in [5.74, 6) is 0.207. The standard InChI is InChI=1S/C27H25N/c1-22(23-14-6-2-7-15-23)27(24-16-8-3-9-17-24,25-18-10-4-11-19-25)28-26-20-12-5-13-21-26/h2-22,28H,1H3. The van der Waals surface area contributed by atoms with Crippen molar-refractivity contribution < 1.29 is 0 Å². The van der Waals surface area contributed by atoms with Crippen molar-refractivity contribution in [2.75, 3.05) is 5.32 Å². The van der Waals surface area contributed by atoms with Crippen molar-refractivity contribution in [2.45, 2.75) is 18.4 Å². The van der Waals surface area contributed by atoms with E-state index in [1.807, 2.05) is 0 Å². The molecule has 0 aliphatic heterocycles. The molecule has 0 saturated carbocycles. The molecule has 28 heavy (non-hydrogen) atoms. The second kappa shape index (κ2) is 8.14. The predicted octanol–water partition coefficient (Wildman–Crippen LogP) is 6.85. The Bertz CT molecular complexity index is 940. The van der Waals surface area contributed by atoms with E-state index in [-0.39, 0.29) is 5.92 Å². The van der Waals surface area contributed by atoms with Crippen LogP contribution in [0.3, 0.4) is 0 Å². The Morgan fingerprint density at radius 1 is 0.536 bits per heavy atom. The van der Waals surface area contributed by atoms with E-state index >= 15 is 0 Å². The fraction of sp³-hybridized carbons (Fsp3) is 0.111. The lowest BCUT2D eigenvalue weighted by Gasteiger charge is -2.42. The van der Waals surface area contributed by atoms with E-state index < -0.39 is 5.54 Å². The van der Waals surface area contributed by atoms with Gasteiger partial charge in [0.25, 0.3) is 0 Å². The Hall–Kier alpha value is -3.32. The van der Waals surface area contributed by atoms with Crippen molar-refractivity contribution in [3.05, 3.63) is 138 Å². The van der Waals surface area contributed by atoms with Crippen molar-refractivity contribution in [3.63, 3.8) is 0 Å². The summed E-state index contributed by atoms with van der Waals surface area (Å²) in [6, 6.07) is 42.8. The molecule has 0 fully saturated rings. The second-order valence-electron chi connectivity index (χ2n) is 7.16. The minimum Gasteiger partial charge on any atom is -0.371 e. The maximum absolute atomic E-state index is 3.92. The Morgan fingerprint density at radius 2 is 0.929 bits per heavy atom. The van der Waals surface area contributed by atoms with Gasteiger partial charge in [0.05, 0.1) is 5.54 Å². The van der Waals surface area contributed by atoms with Crippen molar-refractivity contribution in [1.29, 1.82) is 0 Å². The van der Waals surface area contributed by atoms with Crippen LogP contribution in [0.15, 0.2) is 121 Å². The van der Waals surface area contributed by atoms with E-state index in [1.54, 1.807) is 0 Å². The molecule has 0 aliphatic rings. The van der Waals surface area contributed by atoms with Crippen LogP contribution in [0.5, 0.6) is 0 Å². The van der Waals surface area contributed by atoms with Crippen LogP contribution in [-0.2, 0) is 5.54 Å². The van der Waals surface area contributed by atoms with E-state index in [2.05, 4.69) is 134 Å². The maximum atomic E-state index is 3.92. The molecule has 0 aromatic heterocycles. The lowest BCUT2D eigenvalue weighted by atomic mass is 9.70. The number of hydrogen-bond donors (Lipinski definition) is 1. The van der Waals surface area contributed by atoms with E-state index in [9.17, 15) is 0 Å². The summed E-state index contributed by atoms with van der Waals surface area (Å²) < 4.78 is 0. The number of nitrogens with one attached hydrogen (secondary N) is 1. The van der Waals surface area contributed by atoms with Gasteiger partial charge in [-0.3, -0.25) is 0 Å². The zero-order valence-electron chi connectivity index (χ0n) is 16.1. The Balaban J connectivity index is 1.96.